The molecule has 0 radical (unpaired) electrons. The number of aliphatic hydroxyl groups excluding tert-OH is 1. The summed E-state index contributed by atoms with van der Waals surface area (Å²) in [5.74, 6) is 2.17. The first-order valence-corrected chi connectivity index (χ1v) is 6.67. The Balaban J connectivity index is 2.96. The number of hydrogen-bond donors (Lipinski definition) is 1. The van der Waals surface area contributed by atoms with Crippen LogP contribution in [0.2, 0.25) is 5.82 Å². The SMILES string of the molecule is CC[C@@H](O)c1ccccc1[Se]C. The molecule has 0 aromatic heterocycles. The summed E-state index contributed by atoms with van der Waals surface area (Å²) in [7, 11) is 0. The molecule has 1 rings (SSSR count). The molecule has 1 nitrogen and oxygen atoms in total. The fourth-order valence-electron chi connectivity index (χ4n) is 1.16. The maximum absolute atomic E-state index is 9.65. The third kappa shape index (κ3) is 2.10. The summed E-state index contributed by atoms with van der Waals surface area (Å²) in [4.78, 5) is 0. The van der Waals surface area contributed by atoms with Gasteiger partial charge < -0.3 is 0 Å². The van der Waals surface area contributed by atoms with E-state index in [1.807, 2.05) is 25.1 Å². The predicted octanol–water partition coefficient (Wildman–Crippen LogP) is 1.51. The van der Waals surface area contributed by atoms with Crippen LogP contribution in [0.15, 0.2) is 24.3 Å². The summed E-state index contributed by atoms with van der Waals surface area (Å²) in [6.07, 6.45) is 0.524. The molecule has 0 aliphatic carbocycles. The van der Waals surface area contributed by atoms with Gasteiger partial charge in [-0.25, -0.2) is 0 Å². The van der Waals surface area contributed by atoms with Crippen LogP contribution in [0, 0.1) is 0 Å². The second kappa shape index (κ2) is 4.66. The van der Waals surface area contributed by atoms with Crippen LogP contribution < -0.4 is 4.46 Å². The fourth-order valence-corrected chi connectivity index (χ4v) is 2.53. The van der Waals surface area contributed by atoms with Crippen molar-refractivity contribution in [2.75, 3.05) is 0 Å². The quantitative estimate of drug-likeness (QED) is 0.779. The van der Waals surface area contributed by atoms with Crippen LogP contribution in [0.3, 0.4) is 0 Å². The van der Waals surface area contributed by atoms with Gasteiger partial charge in [0.15, 0.2) is 0 Å². The van der Waals surface area contributed by atoms with E-state index >= 15 is 0 Å². The van der Waals surface area contributed by atoms with E-state index in [0.29, 0.717) is 15.0 Å². The average molecular weight is 229 g/mol. The molecule has 0 saturated carbocycles. The molecular formula is C10H14OSe. The third-order valence-corrected chi connectivity index (χ3v) is 3.59. The molecule has 0 spiro atoms. The summed E-state index contributed by atoms with van der Waals surface area (Å²) in [5, 5.41) is 9.65. The van der Waals surface area contributed by atoms with Crippen LogP contribution in [0.5, 0.6) is 0 Å². The molecule has 66 valence electrons. The van der Waals surface area contributed by atoms with Gasteiger partial charge in [-0.15, -0.1) is 0 Å². The summed E-state index contributed by atoms with van der Waals surface area (Å²) in [5.41, 5.74) is 1.11. The molecular weight excluding hydrogens is 215 g/mol. The second-order valence-electron chi connectivity index (χ2n) is 2.67. The monoisotopic (exact) mass is 230 g/mol. The number of hydrogen-bond acceptors (Lipinski definition) is 1. The Labute approximate surface area is 80.0 Å². The van der Waals surface area contributed by atoms with Gasteiger partial charge in [0, 0.05) is 0 Å². The Morgan fingerprint density at radius 1 is 1.42 bits per heavy atom. The minimum absolute atomic E-state index is 0.275. The van der Waals surface area contributed by atoms with E-state index in [4.69, 9.17) is 0 Å². The van der Waals surface area contributed by atoms with Gasteiger partial charge in [-0.1, -0.05) is 0 Å². The molecule has 0 heterocycles. The summed E-state index contributed by atoms with van der Waals surface area (Å²) in [6.45, 7) is 2.00. The van der Waals surface area contributed by atoms with Crippen molar-refractivity contribution in [2.24, 2.45) is 0 Å². The van der Waals surface area contributed by atoms with E-state index in [0.717, 1.165) is 12.0 Å². The summed E-state index contributed by atoms with van der Waals surface area (Å²) < 4.78 is 1.32. The van der Waals surface area contributed by atoms with Crippen LogP contribution >= 0.6 is 0 Å². The average Bonchev–Trinajstić information content (AvgIpc) is 2.16. The predicted molar refractivity (Wildman–Crippen MR) is 52.9 cm³/mol. The molecule has 0 fully saturated rings. The molecule has 1 N–H and O–H groups in total. The third-order valence-electron chi connectivity index (χ3n) is 1.88. The van der Waals surface area contributed by atoms with Crippen LogP contribution in [0.1, 0.15) is 25.0 Å². The maximum atomic E-state index is 9.65. The number of benzene rings is 1. The number of aliphatic hydroxyl groups is 1. The molecule has 1 aromatic carbocycles. The van der Waals surface area contributed by atoms with Crippen molar-refractivity contribution in [1.29, 1.82) is 0 Å². The van der Waals surface area contributed by atoms with Gasteiger partial charge >= 0.3 is 79.6 Å². The van der Waals surface area contributed by atoms with Gasteiger partial charge in [-0.3, -0.25) is 0 Å². The summed E-state index contributed by atoms with van der Waals surface area (Å²) in [6, 6.07) is 8.15. The molecule has 2 heteroatoms. The van der Waals surface area contributed by atoms with E-state index in [1.165, 1.54) is 4.46 Å². The number of rotatable bonds is 3. The molecule has 1 aromatic rings. The van der Waals surface area contributed by atoms with Crippen molar-refractivity contribution in [3.05, 3.63) is 29.8 Å². The van der Waals surface area contributed by atoms with Gasteiger partial charge in [0.1, 0.15) is 0 Å². The summed E-state index contributed by atoms with van der Waals surface area (Å²) >= 11 is 0.479. The standard InChI is InChI=1S/C10H14OSe/c1-3-9(11)8-6-4-5-7-10(8)12-2/h4-7,9,11H,3H2,1-2H3/t9-/m1/s1. The van der Waals surface area contributed by atoms with Crippen molar-refractivity contribution >= 4 is 19.4 Å². The normalized spacial score (nSPS) is 12.9. The Kier molecular flexibility index (Phi) is 3.80. The van der Waals surface area contributed by atoms with Gasteiger partial charge in [-0.05, 0) is 0 Å². The van der Waals surface area contributed by atoms with Gasteiger partial charge in [0.05, 0.1) is 0 Å². The van der Waals surface area contributed by atoms with Gasteiger partial charge in [0.2, 0.25) is 0 Å². The van der Waals surface area contributed by atoms with Gasteiger partial charge in [0.25, 0.3) is 0 Å². The first kappa shape index (κ1) is 9.78. The van der Waals surface area contributed by atoms with Gasteiger partial charge in [-0.2, -0.15) is 0 Å². The molecule has 0 aliphatic heterocycles. The zero-order valence-electron chi connectivity index (χ0n) is 7.45. The first-order chi connectivity index (χ1) is 5.79. The van der Waals surface area contributed by atoms with E-state index in [1.54, 1.807) is 0 Å². The van der Waals surface area contributed by atoms with Crippen LogP contribution in [-0.4, -0.2) is 20.1 Å². The molecule has 0 aliphatic rings. The van der Waals surface area contributed by atoms with Crippen molar-refractivity contribution in [2.45, 2.75) is 25.3 Å². The Morgan fingerprint density at radius 2 is 2.08 bits per heavy atom. The Morgan fingerprint density at radius 3 is 2.67 bits per heavy atom. The van der Waals surface area contributed by atoms with E-state index in [9.17, 15) is 5.11 Å². The van der Waals surface area contributed by atoms with Crippen LogP contribution in [0.4, 0.5) is 0 Å². The van der Waals surface area contributed by atoms with E-state index < -0.39 is 0 Å². The van der Waals surface area contributed by atoms with Crippen molar-refractivity contribution in [3.63, 3.8) is 0 Å². The van der Waals surface area contributed by atoms with Crippen molar-refractivity contribution in [1.82, 2.24) is 0 Å². The Hall–Kier alpha value is -0.301. The second-order valence-corrected chi connectivity index (χ2v) is 4.45. The minimum atomic E-state index is -0.275. The molecule has 12 heavy (non-hydrogen) atoms. The molecule has 0 saturated heterocycles. The molecule has 0 bridgehead atoms. The van der Waals surface area contributed by atoms with Crippen molar-refractivity contribution in [3.8, 4) is 0 Å². The zero-order valence-corrected chi connectivity index (χ0v) is 9.16. The first-order valence-electron chi connectivity index (χ1n) is 4.10. The topological polar surface area (TPSA) is 20.2 Å². The molecule has 0 amide bonds. The Bertz CT molecular complexity index is 247. The molecule has 1 atom stereocenters. The fraction of sp³-hybridized carbons (Fsp3) is 0.400. The zero-order chi connectivity index (χ0) is 8.97. The van der Waals surface area contributed by atoms with E-state index in [2.05, 4.69) is 11.9 Å². The van der Waals surface area contributed by atoms with Crippen LogP contribution in [-0.2, 0) is 0 Å². The van der Waals surface area contributed by atoms with E-state index in [-0.39, 0.29) is 6.10 Å². The van der Waals surface area contributed by atoms with Crippen molar-refractivity contribution < 1.29 is 5.11 Å². The molecule has 0 unspecified atom stereocenters. The van der Waals surface area contributed by atoms with Crippen LogP contribution in [0.25, 0.3) is 0 Å².